The summed E-state index contributed by atoms with van der Waals surface area (Å²) in [5, 5.41) is 16.7. The highest BCUT2D eigenvalue weighted by Gasteiger charge is 2.31. The third kappa shape index (κ3) is 2.80. The predicted molar refractivity (Wildman–Crippen MR) is 82.8 cm³/mol. The molecule has 1 N–H and O–H groups in total. The molecule has 1 aromatic carbocycles. The van der Waals surface area contributed by atoms with Crippen LogP contribution in [0.5, 0.6) is 0 Å². The summed E-state index contributed by atoms with van der Waals surface area (Å²) in [5.41, 5.74) is 2.67. The average Bonchev–Trinajstić information content (AvgIpc) is 3.07. The van der Waals surface area contributed by atoms with Gasteiger partial charge in [-0.1, -0.05) is 0 Å². The number of aromatic nitrogens is 2. The van der Waals surface area contributed by atoms with Crippen LogP contribution in [0.2, 0.25) is 0 Å². The summed E-state index contributed by atoms with van der Waals surface area (Å²) >= 11 is 3.41. The van der Waals surface area contributed by atoms with Gasteiger partial charge in [-0.3, -0.25) is 4.68 Å². The standard InChI is InChI=1S/C15H15BrN4O/c1-20-14(4-6-18-20)15-13(5-7-21-15)19-11-3-2-10(9-17)12(16)8-11/h2-4,6,8,13,15,19H,5,7H2,1H3/t13-,15-/m0/s1. The zero-order valence-corrected chi connectivity index (χ0v) is 13.2. The van der Waals surface area contributed by atoms with Crippen LogP contribution < -0.4 is 5.32 Å². The minimum absolute atomic E-state index is 0.00748. The maximum Gasteiger partial charge on any atom is 0.119 e. The topological polar surface area (TPSA) is 62.9 Å². The molecule has 0 spiro atoms. The molecule has 1 aliphatic heterocycles. The van der Waals surface area contributed by atoms with Gasteiger partial charge in [0.2, 0.25) is 0 Å². The molecule has 1 aliphatic rings. The van der Waals surface area contributed by atoms with Gasteiger partial charge in [-0.2, -0.15) is 10.4 Å². The van der Waals surface area contributed by atoms with Crippen molar-refractivity contribution in [1.29, 1.82) is 5.26 Å². The fourth-order valence-electron chi connectivity index (χ4n) is 2.60. The number of aryl methyl sites for hydroxylation is 1. The van der Waals surface area contributed by atoms with Crippen LogP contribution in [-0.2, 0) is 11.8 Å². The predicted octanol–water partition coefficient (Wildman–Crippen LogP) is 3.00. The molecule has 0 aliphatic carbocycles. The Morgan fingerprint density at radius 3 is 3.00 bits per heavy atom. The van der Waals surface area contributed by atoms with Crippen LogP contribution in [0.4, 0.5) is 5.69 Å². The molecule has 21 heavy (non-hydrogen) atoms. The lowest BCUT2D eigenvalue weighted by atomic mass is 10.1. The fraction of sp³-hybridized carbons (Fsp3) is 0.333. The van der Waals surface area contributed by atoms with Gasteiger partial charge < -0.3 is 10.1 Å². The fourth-order valence-corrected chi connectivity index (χ4v) is 3.07. The molecule has 3 rings (SSSR count). The minimum Gasteiger partial charge on any atom is -0.379 e. The van der Waals surface area contributed by atoms with E-state index < -0.39 is 0 Å². The molecule has 0 amide bonds. The van der Waals surface area contributed by atoms with E-state index in [0.29, 0.717) is 5.56 Å². The van der Waals surface area contributed by atoms with Gasteiger partial charge in [-0.25, -0.2) is 0 Å². The number of anilines is 1. The highest BCUT2D eigenvalue weighted by molar-refractivity contribution is 9.10. The maximum atomic E-state index is 8.96. The van der Waals surface area contributed by atoms with Crippen molar-refractivity contribution in [1.82, 2.24) is 9.78 Å². The molecule has 0 radical (unpaired) electrons. The number of hydrogen-bond acceptors (Lipinski definition) is 4. The summed E-state index contributed by atoms with van der Waals surface area (Å²) in [6.07, 6.45) is 2.71. The molecule has 1 fully saturated rings. The number of nitrogens with zero attached hydrogens (tertiary/aromatic N) is 3. The summed E-state index contributed by atoms with van der Waals surface area (Å²) in [6.45, 7) is 0.727. The van der Waals surface area contributed by atoms with Gasteiger partial charge in [-0.05, 0) is 46.6 Å². The van der Waals surface area contributed by atoms with Crippen molar-refractivity contribution in [3.63, 3.8) is 0 Å². The van der Waals surface area contributed by atoms with Crippen molar-refractivity contribution in [3.05, 3.63) is 46.2 Å². The van der Waals surface area contributed by atoms with Crippen LogP contribution in [0.1, 0.15) is 23.8 Å². The molecule has 2 aromatic rings. The van der Waals surface area contributed by atoms with E-state index in [0.717, 1.165) is 28.9 Å². The second-order valence-corrected chi connectivity index (χ2v) is 5.87. The van der Waals surface area contributed by atoms with Crippen molar-refractivity contribution in [2.45, 2.75) is 18.6 Å². The maximum absolute atomic E-state index is 8.96. The van der Waals surface area contributed by atoms with Gasteiger partial charge in [-0.15, -0.1) is 0 Å². The Kier molecular flexibility index (Phi) is 3.95. The summed E-state index contributed by atoms with van der Waals surface area (Å²) in [7, 11) is 1.92. The Morgan fingerprint density at radius 2 is 2.33 bits per heavy atom. The number of nitriles is 1. The normalized spacial score (nSPS) is 21.2. The Labute approximate surface area is 131 Å². The number of ether oxygens (including phenoxy) is 1. The van der Waals surface area contributed by atoms with Gasteiger partial charge in [0.1, 0.15) is 12.2 Å². The number of halogens is 1. The van der Waals surface area contributed by atoms with Crippen LogP contribution in [0, 0.1) is 11.3 Å². The Morgan fingerprint density at radius 1 is 1.48 bits per heavy atom. The minimum atomic E-state index is -0.00748. The van der Waals surface area contributed by atoms with Crippen molar-refractivity contribution in [2.75, 3.05) is 11.9 Å². The van der Waals surface area contributed by atoms with Gasteiger partial charge >= 0.3 is 0 Å². The third-order valence-corrected chi connectivity index (χ3v) is 4.34. The van der Waals surface area contributed by atoms with E-state index in [2.05, 4.69) is 32.4 Å². The number of benzene rings is 1. The number of rotatable bonds is 3. The zero-order valence-electron chi connectivity index (χ0n) is 11.6. The molecule has 108 valence electrons. The lowest BCUT2D eigenvalue weighted by Gasteiger charge is -2.21. The van der Waals surface area contributed by atoms with Crippen molar-refractivity contribution >= 4 is 21.6 Å². The second-order valence-electron chi connectivity index (χ2n) is 5.02. The van der Waals surface area contributed by atoms with Crippen molar-refractivity contribution in [3.8, 4) is 6.07 Å². The van der Waals surface area contributed by atoms with Crippen LogP contribution in [0.3, 0.4) is 0 Å². The van der Waals surface area contributed by atoms with E-state index in [9.17, 15) is 0 Å². The molecular formula is C15H15BrN4O. The highest BCUT2D eigenvalue weighted by atomic mass is 79.9. The zero-order chi connectivity index (χ0) is 14.8. The first-order valence-corrected chi connectivity index (χ1v) is 7.54. The van der Waals surface area contributed by atoms with Crippen LogP contribution in [-0.4, -0.2) is 22.4 Å². The number of hydrogen-bond donors (Lipinski definition) is 1. The highest BCUT2D eigenvalue weighted by Crippen LogP contribution is 2.32. The summed E-state index contributed by atoms with van der Waals surface area (Å²) in [4.78, 5) is 0. The van der Waals surface area contributed by atoms with Crippen LogP contribution >= 0.6 is 15.9 Å². The largest absolute Gasteiger partial charge is 0.379 e. The molecule has 0 unspecified atom stereocenters. The molecular weight excluding hydrogens is 332 g/mol. The Balaban J connectivity index is 1.79. The van der Waals surface area contributed by atoms with E-state index >= 15 is 0 Å². The molecule has 2 atom stereocenters. The molecule has 0 saturated carbocycles. The Bertz CT molecular complexity index is 691. The van der Waals surface area contributed by atoms with Crippen molar-refractivity contribution < 1.29 is 4.74 Å². The smallest absolute Gasteiger partial charge is 0.119 e. The first kappa shape index (κ1) is 14.1. The summed E-state index contributed by atoms with van der Waals surface area (Å²) in [6, 6.07) is 9.98. The van der Waals surface area contributed by atoms with Crippen LogP contribution in [0.25, 0.3) is 0 Å². The van der Waals surface area contributed by atoms with Gasteiger partial charge in [0.05, 0.1) is 17.3 Å². The first-order valence-electron chi connectivity index (χ1n) is 6.74. The lowest BCUT2D eigenvalue weighted by Crippen LogP contribution is -2.24. The van der Waals surface area contributed by atoms with Crippen LogP contribution in [0.15, 0.2) is 34.9 Å². The van der Waals surface area contributed by atoms with Gasteiger partial charge in [0.15, 0.2) is 0 Å². The van der Waals surface area contributed by atoms with Gasteiger partial charge in [0.25, 0.3) is 0 Å². The Hall–Kier alpha value is -1.84. The molecule has 1 saturated heterocycles. The first-order chi connectivity index (χ1) is 10.2. The van der Waals surface area contributed by atoms with E-state index in [-0.39, 0.29) is 12.1 Å². The SMILES string of the molecule is Cn1nccc1[C@H]1OCC[C@@H]1Nc1ccc(C#N)c(Br)c1. The third-order valence-electron chi connectivity index (χ3n) is 3.68. The van der Waals surface area contributed by atoms with E-state index in [1.807, 2.05) is 29.9 Å². The van der Waals surface area contributed by atoms with E-state index in [4.69, 9.17) is 10.00 Å². The molecule has 1 aromatic heterocycles. The van der Waals surface area contributed by atoms with Crippen molar-refractivity contribution in [2.24, 2.45) is 7.05 Å². The molecule has 6 heteroatoms. The average molecular weight is 347 g/mol. The van der Waals surface area contributed by atoms with E-state index in [1.54, 1.807) is 12.3 Å². The number of nitrogens with one attached hydrogen (secondary N) is 1. The molecule has 2 heterocycles. The van der Waals surface area contributed by atoms with Gasteiger partial charge in [0, 0.05) is 30.0 Å². The lowest BCUT2D eigenvalue weighted by molar-refractivity contribution is 0.101. The summed E-state index contributed by atoms with van der Waals surface area (Å²) in [5.74, 6) is 0. The second kappa shape index (κ2) is 5.88. The molecule has 5 nitrogen and oxygen atoms in total. The summed E-state index contributed by atoms with van der Waals surface area (Å²) < 4.78 is 8.49. The molecule has 0 bridgehead atoms. The monoisotopic (exact) mass is 346 g/mol. The quantitative estimate of drug-likeness (QED) is 0.927. The van der Waals surface area contributed by atoms with E-state index in [1.165, 1.54) is 0 Å².